The van der Waals surface area contributed by atoms with Crippen LogP contribution >= 0.6 is 0 Å². The summed E-state index contributed by atoms with van der Waals surface area (Å²) in [5.41, 5.74) is 1.26. The van der Waals surface area contributed by atoms with Gasteiger partial charge in [0, 0.05) is 12.1 Å². The van der Waals surface area contributed by atoms with Crippen molar-refractivity contribution in [2.24, 2.45) is 5.41 Å². The molecular formula is C24H21N3O2. The highest BCUT2D eigenvalue weighted by molar-refractivity contribution is 5.85. The van der Waals surface area contributed by atoms with E-state index < -0.39 is 23.4 Å². The quantitative estimate of drug-likeness (QED) is 0.791. The first-order valence-corrected chi connectivity index (χ1v) is 9.67. The molecule has 1 fully saturated rings. The Hall–Kier alpha value is -3.57. The molecule has 5 nitrogen and oxygen atoms in total. The Morgan fingerprint density at radius 2 is 1.83 bits per heavy atom. The van der Waals surface area contributed by atoms with E-state index in [0.29, 0.717) is 6.61 Å². The molecule has 144 valence electrons. The number of nitrogens with zero attached hydrogens (tertiary/aromatic N) is 3. The third-order valence-corrected chi connectivity index (χ3v) is 5.91. The van der Waals surface area contributed by atoms with Crippen molar-refractivity contribution in [3.8, 4) is 17.9 Å². The highest BCUT2D eigenvalue weighted by Crippen LogP contribution is 2.59. The minimum absolute atomic E-state index is 0.0645. The monoisotopic (exact) mass is 383 g/mol. The Kier molecular flexibility index (Phi) is 4.60. The Morgan fingerprint density at radius 3 is 2.45 bits per heavy atom. The molecule has 0 radical (unpaired) electrons. The van der Waals surface area contributed by atoms with E-state index in [9.17, 15) is 15.3 Å². The van der Waals surface area contributed by atoms with E-state index in [1.807, 2.05) is 72.6 Å². The maximum absolute atomic E-state index is 12.8. The highest BCUT2D eigenvalue weighted by atomic mass is 16.5. The lowest BCUT2D eigenvalue weighted by Crippen LogP contribution is -2.36. The van der Waals surface area contributed by atoms with E-state index in [1.165, 1.54) is 6.92 Å². The second-order valence-electron chi connectivity index (χ2n) is 7.42. The summed E-state index contributed by atoms with van der Waals surface area (Å²) >= 11 is 0. The fourth-order valence-corrected chi connectivity index (χ4v) is 4.76. The second kappa shape index (κ2) is 7.11. The minimum atomic E-state index is -1.40. The van der Waals surface area contributed by atoms with E-state index in [4.69, 9.17) is 4.74 Å². The van der Waals surface area contributed by atoms with Gasteiger partial charge in [0.15, 0.2) is 11.2 Å². The van der Waals surface area contributed by atoms with Crippen LogP contribution in [0.1, 0.15) is 42.5 Å². The number of carbonyl (C=O) groups excluding carboxylic acids is 1. The van der Waals surface area contributed by atoms with Crippen molar-refractivity contribution in [2.45, 2.75) is 31.8 Å². The highest BCUT2D eigenvalue weighted by Gasteiger charge is 2.63. The molecule has 2 aromatic rings. The normalized spacial score (nSPS) is 23.4. The number of nitriles is 2. The topological polar surface area (TPSA) is 77.1 Å². The Balaban J connectivity index is 1.92. The summed E-state index contributed by atoms with van der Waals surface area (Å²) in [5.74, 6) is 0.0767. The number of fused-ring (bicyclic) bond motifs is 3. The van der Waals surface area contributed by atoms with E-state index in [1.54, 1.807) is 0 Å². The summed E-state index contributed by atoms with van der Waals surface area (Å²) in [7, 11) is 0. The number of ether oxygens (including phenoxy) is 1. The number of benzene rings is 2. The van der Waals surface area contributed by atoms with Crippen molar-refractivity contribution < 1.29 is 9.53 Å². The standard InChI is InChI=1S/C24H21N3O2/c1-3-29-19-10-8-18(9-11-19)21-22(16(2)28)27-13-12-17-6-4-5-7-20(17)23(27)24(21,14-25)15-26/h4-13,21-23H,3H2,1-2H3. The fraction of sp³-hybridized carbons (Fsp3) is 0.292. The number of hydrogen-bond acceptors (Lipinski definition) is 5. The van der Waals surface area contributed by atoms with Crippen LogP contribution in [0.4, 0.5) is 0 Å². The molecule has 0 N–H and O–H groups in total. The molecule has 0 bridgehead atoms. The van der Waals surface area contributed by atoms with Gasteiger partial charge in [-0.3, -0.25) is 4.79 Å². The molecule has 3 atom stereocenters. The van der Waals surface area contributed by atoms with Gasteiger partial charge in [-0.05, 0) is 48.7 Å². The Labute approximate surface area is 170 Å². The summed E-state index contributed by atoms with van der Waals surface area (Å²) < 4.78 is 5.52. The maximum Gasteiger partial charge on any atom is 0.177 e. The van der Waals surface area contributed by atoms with Gasteiger partial charge in [-0.2, -0.15) is 10.5 Å². The van der Waals surface area contributed by atoms with Crippen LogP contribution in [0.5, 0.6) is 5.75 Å². The van der Waals surface area contributed by atoms with Gasteiger partial charge in [-0.1, -0.05) is 36.4 Å². The van der Waals surface area contributed by atoms with Crippen molar-refractivity contribution in [1.29, 1.82) is 10.5 Å². The van der Waals surface area contributed by atoms with Crippen LogP contribution in [0, 0.1) is 28.1 Å². The van der Waals surface area contributed by atoms with Gasteiger partial charge < -0.3 is 9.64 Å². The summed E-state index contributed by atoms with van der Waals surface area (Å²) in [6, 6.07) is 18.7. The summed E-state index contributed by atoms with van der Waals surface area (Å²) in [5, 5.41) is 20.6. The van der Waals surface area contributed by atoms with Crippen molar-refractivity contribution >= 4 is 11.9 Å². The van der Waals surface area contributed by atoms with Crippen LogP contribution in [0.25, 0.3) is 6.08 Å². The Morgan fingerprint density at radius 1 is 1.14 bits per heavy atom. The minimum Gasteiger partial charge on any atom is -0.494 e. The van der Waals surface area contributed by atoms with Crippen LogP contribution in [-0.4, -0.2) is 23.3 Å². The molecule has 29 heavy (non-hydrogen) atoms. The van der Waals surface area contributed by atoms with Gasteiger partial charge in [-0.15, -0.1) is 0 Å². The Bertz CT molecular complexity index is 1040. The smallest absolute Gasteiger partial charge is 0.177 e. The zero-order chi connectivity index (χ0) is 20.6. The molecule has 1 saturated heterocycles. The fourth-order valence-electron chi connectivity index (χ4n) is 4.76. The molecule has 2 aliphatic rings. The van der Waals surface area contributed by atoms with Crippen LogP contribution in [0.3, 0.4) is 0 Å². The van der Waals surface area contributed by atoms with E-state index in [-0.39, 0.29) is 5.78 Å². The van der Waals surface area contributed by atoms with Crippen LogP contribution in [0.2, 0.25) is 0 Å². The van der Waals surface area contributed by atoms with Gasteiger partial charge in [-0.25, -0.2) is 0 Å². The predicted molar refractivity (Wildman–Crippen MR) is 109 cm³/mol. The molecular weight excluding hydrogens is 362 g/mol. The van der Waals surface area contributed by atoms with Gasteiger partial charge >= 0.3 is 0 Å². The molecule has 3 unspecified atom stereocenters. The maximum atomic E-state index is 12.8. The molecule has 2 heterocycles. The third kappa shape index (κ3) is 2.70. The van der Waals surface area contributed by atoms with Crippen LogP contribution in [-0.2, 0) is 4.79 Å². The van der Waals surface area contributed by atoms with E-state index in [0.717, 1.165) is 22.4 Å². The molecule has 2 aromatic carbocycles. The first-order valence-electron chi connectivity index (χ1n) is 9.67. The molecule has 0 spiro atoms. The van der Waals surface area contributed by atoms with Crippen molar-refractivity contribution in [3.05, 3.63) is 71.4 Å². The number of carbonyl (C=O) groups is 1. The second-order valence-corrected chi connectivity index (χ2v) is 7.42. The molecule has 0 aliphatic carbocycles. The van der Waals surface area contributed by atoms with Crippen molar-refractivity contribution in [2.75, 3.05) is 6.61 Å². The average molecular weight is 383 g/mol. The van der Waals surface area contributed by atoms with Gasteiger partial charge in [0.25, 0.3) is 0 Å². The molecule has 5 heteroatoms. The molecule has 2 aliphatic heterocycles. The molecule has 0 aromatic heterocycles. The zero-order valence-electron chi connectivity index (χ0n) is 16.4. The lowest BCUT2D eigenvalue weighted by atomic mass is 9.68. The zero-order valence-corrected chi connectivity index (χ0v) is 16.4. The summed E-state index contributed by atoms with van der Waals surface area (Å²) in [4.78, 5) is 14.7. The van der Waals surface area contributed by atoms with Crippen LogP contribution in [0.15, 0.2) is 54.7 Å². The number of hydrogen-bond donors (Lipinski definition) is 0. The van der Waals surface area contributed by atoms with Crippen LogP contribution < -0.4 is 4.74 Å². The van der Waals surface area contributed by atoms with E-state index in [2.05, 4.69) is 12.1 Å². The molecule has 0 saturated carbocycles. The molecule has 0 amide bonds. The van der Waals surface area contributed by atoms with Gasteiger partial charge in [0.2, 0.25) is 0 Å². The lowest BCUT2D eigenvalue weighted by molar-refractivity contribution is -0.121. The third-order valence-electron chi connectivity index (χ3n) is 5.91. The van der Waals surface area contributed by atoms with Crippen molar-refractivity contribution in [1.82, 2.24) is 4.90 Å². The lowest BCUT2D eigenvalue weighted by Gasteiger charge is -2.34. The predicted octanol–water partition coefficient (Wildman–Crippen LogP) is 4.20. The average Bonchev–Trinajstić information content (AvgIpc) is 3.06. The van der Waals surface area contributed by atoms with E-state index >= 15 is 0 Å². The molecule has 4 rings (SSSR count). The summed E-state index contributed by atoms with van der Waals surface area (Å²) in [6.07, 6.45) is 3.80. The first kappa shape index (κ1) is 18.8. The summed E-state index contributed by atoms with van der Waals surface area (Å²) in [6.45, 7) is 3.99. The SMILES string of the molecule is CCOc1ccc(C2C(C(C)=O)N3C=Cc4ccccc4C3C2(C#N)C#N)cc1. The van der Waals surface area contributed by atoms with Gasteiger partial charge in [0.05, 0.1) is 30.8 Å². The van der Waals surface area contributed by atoms with Crippen molar-refractivity contribution in [3.63, 3.8) is 0 Å². The van der Waals surface area contributed by atoms with Gasteiger partial charge in [0.1, 0.15) is 5.75 Å². The number of rotatable bonds is 4. The first-order chi connectivity index (χ1) is 14.1. The largest absolute Gasteiger partial charge is 0.494 e. The number of Topliss-reactive ketones (excluding diaryl/α,β-unsaturated/α-hetero) is 1. The number of ketones is 1.